The summed E-state index contributed by atoms with van der Waals surface area (Å²) in [5.74, 6) is 0.541. The molecule has 142 valence electrons. The summed E-state index contributed by atoms with van der Waals surface area (Å²) in [6, 6.07) is 4.12. The molecule has 0 saturated carbocycles. The molecule has 0 radical (unpaired) electrons. The Hall–Kier alpha value is -2.12. The zero-order valence-corrected chi connectivity index (χ0v) is 16.4. The van der Waals surface area contributed by atoms with Crippen LogP contribution in [-0.2, 0) is 0 Å². The lowest BCUT2D eigenvalue weighted by Crippen LogP contribution is -2.30. The molecule has 0 spiro atoms. The smallest absolute Gasteiger partial charge is 0.278 e. The minimum absolute atomic E-state index is 0. The van der Waals surface area contributed by atoms with E-state index in [1.807, 2.05) is 37.6 Å². The topological polar surface area (TPSA) is 81.1 Å². The van der Waals surface area contributed by atoms with Gasteiger partial charge in [0.1, 0.15) is 5.75 Å². The van der Waals surface area contributed by atoms with Crippen molar-refractivity contribution in [1.29, 1.82) is 0 Å². The standard InChI is InChI=1S/C18H25N5O2.ClH/c1-11-5-6-15(12(2)17(11)25-4)20-18(24)16-13(3)23(22-21-16)14-7-9-19-10-8-14;/h5-6,14,19H,7-10H2,1-4H3,(H,20,24);1H. The second kappa shape index (κ2) is 8.51. The maximum Gasteiger partial charge on any atom is 0.278 e. The number of methoxy groups -OCH3 is 1. The zero-order chi connectivity index (χ0) is 18.0. The first-order chi connectivity index (χ1) is 12.0. The molecule has 1 aliphatic heterocycles. The van der Waals surface area contributed by atoms with E-state index in [0.717, 1.165) is 54.2 Å². The molecule has 2 N–H and O–H groups in total. The van der Waals surface area contributed by atoms with Crippen LogP contribution in [0.4, 0.5) is 5.69 Å². The molecule has 0 aliphatic carbocycles. The van der Waals surface area contributed by atoms with Crippen LogP contribution in [0.1, 0.15) is 46.2 Å². The van der Waals surface area contributed by atoms with Crippen LogP contribution in [0.15, 0.2) is 12.1 Å². The molecule has 1 saturated heterocycles. The van der Waals surface area contributed by atoms with Crippen molar-refractivity contribution in [1.82, 2.24) is 20.3 Å². The van der Waals surface area contributed by atoms with Crippen LogP contribution in [0.3, 0.4) is 0 Å². The second-order valence-corrected chi connectivity index (χ2v) is 6.49. The molecule has 1 aromatic carbocycles. The second-order valence-electron chi connectivity index (χ2n) is 6.49. The van der Waals surface area contributed by atoms with Crippen molar-refractivity contribution in [2.24, 2.45) is 0 Å². The first-order valence-electron chi connectivity index (χ1n) is 8.61. The Morgan fingerprint density at radius 1 is 1.27 bits per heavy atom. The number of benzene rings is 1. The number of hydrogen-bond donors (Lipinski definition) is 2. The largest absolute Gasteiger partial charge is 0.496 e. The highest BCUT2D eigenvalue weighted by atomic mass is 35.5. The van der Waals surface area contributed by atoms with Crippen LogP contribution in [0.25, 0.3) is 0 Å². The van der Waals surface area contributed by atoms with Gasteiger partial charge in [-0.2, -0.15) is 0 Å². The third kappa shape index (κ3) is 3.83. The normalized spacial score (nSPS) is 14.6. The fourth-order valence-electron chi connectivity index (χ4n) is 3.41. The summed E-state index contributed by atoms with van der Waals surface area (Å²) in [6.07, 6.45) is 2.00. The maximum absolute atomic E-state index is 12.7. The van der Waals surface area contributed by atoms with E-state index in [1.165, 1.54) is 0 Å². The van der Waals surface area contributed by atoms with Crippen LogP contribution in [-0.4, -0.2) is 41.1 Å². The molecular weight excluding hydrogens is 354 g/mol. The number of aromatic nitrogens is 3. The average Bonchev–Trinajstić information content (AvgIpc) is 3.00. The maximum atomic E-state index is 12.7. The van der Waals surface area contributed by atoms with Gasteiger partial charge in [0.2, 0.25) is 0 Å². The summed E-state index contributed by atoms with van der Waals surface area (Å²) in [5, 5.41) is 14.6. The van der Waals surface area contributed by atoms with Gasteiger partial charge in [0, 0.05) is 11.3 Å². The van der Waals surface area contributed by atoms with Crippen molar-refractivity contribution in [3.8, 4) is 5.75 Å². The molecule has 3 rings (SSSR count). The molecule has 1 aromatic heterocycles. The summed E-state index contributed by atoms with van der Waals surface area (Å²) in [7, 11) is 1.63. The van der Waals surface area contributed by atoms with E-state index in [0.29, 0.717) is 11.7 Å². The van der Waals surface area contributed by atoms with E-state index < -0.39 is 0 Å². The highest BCUT2D eigenvalue weighted by molar-refractivity contribution is 6.04. The Bertz CT molecular complexity index is 784. The van der Waals surface area contributed by atoms with E-state index >= 15 is 0 Å². The third-order valence-electron chi connectivity index (χ3n) is 4.85. The van der Waals surface area contributed by atoms with Gasteiger partial charge < -0.3 is 15.4 Å². The Kier molecular flexibility index (Phi) is 6.61. The summed E-state index contributed by atoms with van der Waals surface area (Å²) >= 11 is 0. The number of carbonyl (C=O) groups is 1. The average molecular weight is 380 g/mol. The van der Waals surface area contributed by atoms with Crippen molar-refractivity contribution in [3.05, 3.63) is 34.6 Å². The van der Waals surface area contributed by atoms with Gasteiger partial charge in [-0.25, -0.2) is 4.68 Å². The Balaban J connectivity index is 0.00000243. The number of nitrogens with zero attached hydrogens (tertiary/aromatic N) is 3. The van der Waals surface area contributed by atoms with Gasteiger partial charge in [-0.15, -0.1) is 17.5 Å². The van der Waals surface area contributed by atoms with E-state index in [2.05, 4.69) is 20.9 Å². The van der Waals surface area contributed by atoms with Gasteiger partial charge in [0.05, 0.1) is 18.8 Å². The number of anilines is 1. The number of piperidine rings is 1. The molecule has 1 aliphatic rings. The third-order valence-corrected chi connectivity index (χ3v) is 4.85. The number of rotatable bonds is 4. The van der Waals surface area contributed by atoms with Crippen molar-refractivity contribution >= 4 is 24.0 Å². The van der Waals surface area contributed by atoms with Crippen LogP contribution in [0.5, 0.6) is 5.75 Å². The Labute approximate surface area is 159 Å². The van der Waals surface area contributed by atoms with Crippen molar-refractivity contribution < 1.29 is 9.53 Å². The van der Waals surface area contributed by atoms with E-state index in [1.54, 1.807) is 7.11 Å². The van der Waals surface area contributed by atoms with Gasteiger partial charge in [-0.05, 0) is 58.3 Å². The first kappa shape index (κ1) is 20.2. The quantitative estimate of drug-likeness (QED) is 0.853. The Morgan fingerprint density at radius 2 is 1.96 bits per heavy atom. The van der Waals surface area contributed by atoms with E-state index in [-0.39, 0.29) is 18.3 Å². The monoisotopic (exact) mass is 379 g/mol. The predicted octanol–water partition coefficient (Wildman–Crippen LogP) is 2.81. The summed E-state index contributed by atoms with van der Waals surface area (Å²) in [6.45, 7) is 7.74. The molecule has 0 bridgehead atoms. The van der Waals surface area contributed by atoms with Crippen LogP contribution < -0.4 is 15.4 Å². The lowest BCUT2D eigenvalue weighted by Gasteiger charge is -2.23. The number of ether oxygens (including phenoxy) is 1. The fraction of sp³-hybridized carbons (Fsp3) is 0.500. The molecule has 8 heteroatoms. The SMILES string of the molecule is COc1c(C)ccc(NC(=O)c2nnn(C3CCNCC3)c2C)c1C.Cl. The number of nitrogens with one attached hydrogen (secondary N) is 2. The van der Waals surface area contributed by atoms with Gasteiger partial charge in [0.15, 0.2) is 5.69 Å². The minimum Gasteiger partial charge on any atom is -0.496 e. The number of carbonyl (C=O) groups excluding carboxylic acids is 1. The number of aryl methyl sites for hydroxylation is 1. The summed E-state index contributed by atoms with van der Waals surface area (Å²) < 4.78 is 7.31. The molecule has 2 aromatic rings. The summed E-state index contributed by atoms with van der Waals surface area (Å²) in [4.78, 5) is 12.7. The molecule has 7 nitrogen and oxygen atoms in total. The van der Waals surface area contributed by atoms with Gasteiger partial charge in [-0.1, -0.05) is 11.3 Å². The highest BCUT2D eigenvalue weighted by Gasteiger charge is 2.23. The first-order valence-corrected chi connectivity index (χ1v) is 8.61. The molecular formula is C18H26ClN5O2. The van der Waals surface area contributed by atoms with Crippen LogP contribution in [0, 0.1) is 20.8 Å². The van der Waals surface area contributed by atoms with Crippen LogP contribution >= 0.6 is 12.4 Å². The van der Waals surface area contributed by atoms with Gasteiger partial charge >= 0.3 is 0 Å². The number of amides is 1. The summed E-state index contributed by atoms with van der Waals surface area (Å²) in [5.41, 5.74) is 3.84. The molecule has 0 unspecified atom stereocenters. The molecule has 1 amide bonds. The minimum atomic E-state index is -0.244. The zero-order valence-electron chi connectivity index (χ0n) is 15.6. The lowest BCUT2D eigenvalue weighted by atomic mass is 10.1. The van der Waals surface area contributed by atoms with Crippen molar-refractivity contribution in [3.63, 3.8) is 0 Å². The predicted molar refractivity (Wildman–Crippen MR) is 104 cm³/mol. The fourth-order valence-corrected chi connectivity index (χ4v) is 3.41. The van der Waals surface area contributed by atoms with Gasteiger partial charge in [0.25, 0.3) is 5.91 Å². The van der Waals surface area contributed by atoms with E-state index in [9.17, 15) is 4.79 Å². The van der Waals surface area contributed by atoms with Crippen molar-refractivity contribution in [2.45, 2.75) is 39.7 Å². The Morgan fingerprint density at radius 3 is 2.62 bits per heavy atom. The molecule has 26 heavy (non-hydrogen) atoms. The molecule has 0 atom stereocenters. The lowest BCUT2D eigenvalue weighted by molar-refractivity contribution is 0.102. The molecule has 2 heterocycles. The molecule has 1 fully saturated rings. The van der Waals surface area contributed by atoms with Crippen LogP contribution in [0.2, 0.25) is 0 Å². The van der Waals surface area contributed by atoms with Crippen molar-refractivity contribution in [2.75, 3.05) is 25.5 Å². The van der Waals surface area contributed by atoms with Gasteiger partial charge in [-0.3, -0.25) is 4.79 Å². The number of halogens is 1. The van der Waals surface area contributed by atoms with E-state index in [4.69, 9.17) is 4.74 Å². The number of hydrogen-bond acceptors (Lipinski definition) is 5. The highest BCUT2D eigenvalue weighted by Crippen LogP contribution is 2.29.